The number of urea groups is 1. The third-order valence-electron chi connectivity index (χ3n) is 4.22. The third-order valence-corrected chi connectivity index (χ3v) is 4.59. The predicted octanol–water partition coefficient (Wildman–Crippen LogP) is 3.50. The van der Waals surface area contributed by atoms with Crippen molar-refractivity contribution < 1.29 is 14.7 Å². The maximum Gasteiger partial charge on any atom is 0.330 e. The molecule has 2 aromatic carbocycles. The average molecular weight is 412 g/mol. The number of rotatable bonds is 6. The van der Waals surface area contributed by atoms with Gasteiger partial charge in [0, 0.05) is 11.2 Å². The number of aromatic nitrogens is 1. The van der Waals surface area contributed by atoms with Crippen LogP contribution in [0.5, 0.6) is 0 Å². The maximum atomic E-state index is 12.7. The second-order valence-corrected chi connectivity index (χ2v) is 6.63. The summed E-state index contributed by atoms with van der Waals surface area (Å²) in [6.45, 7) is 0.234. The van der Waals surface area contributed by atoms with Crippen molar-refractivity contribution in [2.24, 2.45) is 0 Å². The monoisotopic (exact) mass is 411 g/mol. The molecule has 0 aliphatic rings. The Bertz CT molecular complexity index is 1080. The van der Waals surface area contributed by atoms with Crippen LogP contribution >= 0.6 is 11.6 Å². The molecule has 1 aromatic heterocycles. The molecule has 1 heterocycles. The minimum Gasteiger partial charge on any atom is -0.479 e. The number of hydrogen-bond acceptors (Lipinski definition) is 3. The number of carbonyl (C=O) groups is 2. The van der Waals surface area contributed by atoms with Crippen molar-refractivity contribution in [3.8, 4) is 0 Å². The fourth-order valence-corrected chi connectivity index (χ4v) is 2.98. The molecule has 0 radical (unpaired) electrons. The SMILES string of the molecule is O=C(Nc1cccn(Cc2ccccc2Cl)c1=O)N[C@@H](C(=O)O)c1ccccc1. The van der Waals surface area contributed by atoms with Gasteiger partial charge in [-0.3, -0.25) is 4.79 Å². The van der Waals surface area contributed by atoms with Crippen molar-refractivity contribution in [3.05, 3.63) is 99.4 Å². The Balaban J connectivity index is 1.76. The van der Waals surface area contributed by atoms with Crippen LogP contribution in [0.1, 0.15) is 17.2 Å². The van der Waals surface area contributed by atoms with E-state index in [9.17, 15) is 19.5 Å². The summed E-state index contributed by atoms with van der Waals surface area (Å²) in [7, 11) is 0. The van der Waals surface area contributed by atoms with Crippen LogP contribution in [-0.4, -0.2) is 21.7 Å². The first-order chi connectivity index (χ1) is 14.0. The first kappa shape index (κ1) is 20.2. The summed E-state index contributed by atoms with van der Waals surface area (Å²) in [6, 6.07) is 16.4. The number of anilines is 1. The lowest BCUT2D eigenvalue weighted by Crippen LogP contribution is -2.38. The molecule has 0 unspecified atom stereocenters. The van der Waals surface area contributed by atoms with Gasteiger partial charge in [0.1, 0.15) is 5.69 Å². The molecule has 3 rings (SSSR count). The smallest absolute Gasteiger partial charge is 0.330 e. The lowest BCUT2D eigenvalue weighted by molar-refractivity contribution is -0.139. The minimum absolute atomic E-state index is 0.0225. The molecule has 0 saturated heterocycles. The second-order valence-electron chi connectivity index (χ2n) is 6.23. The zero-order valence-electron chi connectivity index (χ0n) is 15.2. The fraction of sp³-hybridized carbons (Fsp3) is 0.0952. The molecule has 0 aliphatic heterocycles. The van der Waals surface area contributed by atoms with Crippen molar-refractivity contribution in [1.29, 1.82) is 0 Å². The van der Waals surface area contributed by atoms with Crippen LogP contribution in [-0.2, 0) is 11.3 Å². The van der Waals surface area contributed by atoms with E-state index in [1.54, 1.807) is 60.8 Å². The minimum atomic E-state index is -1.25. The van der Waals surface area contributed by atoms with Crippen LogP contribution in [0.4, 0.5) is 10.5 Å². The lowest BCUT2D eigenvalue weighted by Gasteiger charge is -2.16. The lowest BCUT2D eigenvalue weighted by atomic mass is 10.1. The van der Waals surface area contributed by atoms with Crippen molar-refractivity contribution >= 4 is 29.3 Å². The van der Waals surface area contributed by atoms with E-state index in [0.29, 0.717) is 10.6 Å². The van der Waals surface area contributed by atoms with Gasteiger partial charge in [0.15, 0.2) is 6.04 Å². The largest absolute Gasteiger partial charge is 0.479 e. The van der Waals surface area contributed by atoms with Gasteiger partial charge in [-0.05, 0) is 29.3 Å². The Labute approximate surface area is 171 Å². The number of hydrogen-bond donors (Lipinski definition) is 3. The first-order valence-corrected chi connectivity index (χ1v) is 9.11. The van der Waals surface area contributed by atoms with Crippen LogP contribution in [0.3, 0.4) is 0 Å². The number of carbonyl (C=O) groups excluding carboxylic acids is 1. The Morgan fingerprint density at radius 2 is 1.69 bits per heavy atom. The van der Waals surface area contributed by atoms with E-state index in [1.165, 1.54) is 10.6 Å². The number of carboxylic acid groups (broad SMARTS) is 1. The summed E-state index contributed by atoms with van der Waals surface area (Å²) in [5.41, 5.74) is 0.760. The number of pyridine rings is 1. The number of halogens is 1. The molecule has 0 aliphatic carbocycles. The van der Waals surface area contributed by atoms with E-state index in [0.717, 1.165) is 5.56 Å². The molecular formula is C21H18ClN3O4. The molecule has 3 N–H and O–H groups in total. The predicted molar refractivity (Wildman–Crippen MR) is 110 cm³/mol. The van der Waals surface area contributed by atoms with Gasteiger partial charge in [-0.1, -0.05) is 60.1 Å². The highest BCUT2D eigenvalue weighted by Gasteiger charge is 2.22. The molecule has 0 spiro atoms. The molecule has 3 aromatic rings. The normalized spacial score (nSPS) is 11.5. The standard InChI is InChI=1S/C21H18ClN3O4/c22-16-10-5-4-9-15(16)13-25-12-6-11-17(19(25)26)23-21(29)24-18(20(27)28)14-7-2-1-3-8-14/h1-12,18H,13H2,(H,27,28)(H2,23,24,29)/t18-/m1/s1. The number of aliphatic carboxylic acids is 1. The quantitative estimate of drug-likeness (QED) is 0.578. The van der Waals surface area contributed by atoms with Crippen molar-refractivity contribution in [2.75, 3.05) is 5.32 Å². The maximum absolute atomic E-state index is 12.7. The Hall–Kier alpha value is -3.58. The summed E-state index contributed by atoms with van der Waals surface area (Å²) < 4.78 is 1.41. The van der Waals surface area contributed by atoms with Crippen LogP contribution < -0.4 is 16.2 Å². The number of nitrogens with one attached hydrogen (secondary N) is 2. The molecule has 7 nitrogen and oxygen atoms in total. The van der Waals surface area contributed by atoms with E-state index < -0.39 is 23.6 Å². The zero-order valence-corrected chi connectivity index (χ0v) is 16.0. The second kappa shape index (κ2) is 9.07. The van der Waals surface area contributed by atoms with Gasteiger partial charge >= 0.3 is 12.0 Å². The number of benzene rings is 2. The van der Waals surface area contributed by atoms with Crippen molar-refractivity contribution in [1.82, 2.24) is 9.88 Å². The molecular weight excluding hydrogens is 394 g/mol. The molecule has 8 heteroatoms. The van der Waals surface area contributed by atoms with Gasteiger partial charge in [-0.15, -0.1) is 0 Å². The van der Waals surface area contributed by atoms with Crippen LogP contribution in [0, 0.1) is 0 Å². The topological polar surface area (TPSA) is 100 Å². The summed E-state index contributed by atoms with van der Waals surface area (Å²) in [4.78, 5) is 36.5. The number of amides is 2. The van der Waals surface area contributed by atoms with Gasteiger partial charge in [0.05, 0.1) is 6.54 Å². The highest BCUT2D eigenvalue weighted by Crippen LogP contribution is 2.16. The summed E-state index contributed by atoms with van der Waals surface area (Å²) >= 11 is 6.15. The van der Waals surface area contributed by atoms with Crippen LogP contribution in [0.15, 0.2) is 77.7 Å². The molecule has 148 valence electrons. The van der Waals surface area contributed by atoms with Gasteiger partial charge in [-0.25, -0.2) is 9.59 Å². The first-order valence-electron chi connectivity index (χ1n) is 8.74. The van der Waals surface area contributed by atoms with Crippen LogP contribution in [0.25, 0.3) is 0 Å². The molecule has 0 saturated carbocycles. The fourth-order valence-electron chi connectivity index (χ4n) is 2.79. The molecule has 0 fully saturated rings. The molecule has 29 heavy (non-hydrogen) atoms. The van der Waals surface area contributed by atoms with E-state index >= 15 is 0 Å². The van der Waals surface area contributed by atoms with Crippen molar-refractivity contribution in [3.63, 3.8) is 0 Å². The van der Waals surface area contributed by atoms with Crippen LogP contribution in [0.2, 0.25) is 5.02 Å². The molecule has 1 atom stereocenters. The zero-order chi connectivity index (χ0) is 20.8. The average Bonchev–Trinajstić information content (AvgIpc) is 2.71. The van der Waals surface area contributed by atoms with Gasteiger partial charge in [0.25, 0.3) is 5.56 Å². The number of nitrogens with zero attached hydrogens (tertiary/aromatic N) is 1. The summed E-state index contributed by atoms with van der Waals surface area (Å²) in [5, 5.41) is 14.7. The van der Waals surface area contributed by atoms with Crippen molar-refractivity contribution in [2.45, 2.75) is 12.6 Å². The highest BCUT2D eigenvalue weighted by molar-refractivity contribution is 6.31. The van der Waals surface area contributed by atoms with E-state index in [1.807, 2.05) is 6.07 Å². The van der Waals surface area contributed by atoms with E-state index in [4.69, 9.17) is 11.6 Å². The third kappa shape index (κ3) is 5.03. The Morgan fingerprint density at radius 3 is 2.38 bits per heavy atom. The molecule has 2 amide bonds. The van der Waals surface area contributed by atoms with Gasteiger partial charge in [0.2, 0.25) is 0 Å². The molecule has 0 bridgehead atoms. The van der Waals surface area contributed by atoms with Gasteiger partial charge in [-0.2, -0.15) is 0 Å². The Morgan fingerprint density at radius 1 is 1.00 bits per heavy atom. The Kier molecular flexibility index (Phi) is 6.31. The number of carboxylic acids is 1. The summed E-state index contributed by atoms with van der Waals surface area (Å²) in [5.74, 6) is -1.21. The summed E-state index contributed by atoms with van der Waals surface area (Å²) in [6.07, 6.45) is 1.58. The highest BCUT2D eigenvalue weighted by atomic mass is 35.5. The van der Waals surface area contributed by atoms with E-state index in [-0.39, 0.29) is 12.2 Å². The van der Waals surface area contributed by atoms with E-state index in [2.05, 4.69) is 10.6 Å². The van der Waals surface area contributed by atoms with Gasteiger partial charge < -0.3 is 20.3 Å².